The number of thioether (sulfide) groups is 1. The van der Waals surface area contributed by atoms with E-state index in [2.05, 4.69) is 38.7 Å². The predicted octanol–water partition coefficient (Wildman–Crippen LogP) is 1.02. The number of hydrogen-bond donors (Lipinski definition) is 0. The first kappa shape index (κ1) is 19.6. The van der Waals surface area contributed by atoms with Gasteiger partial charge in [0.1, 0.15) is 11.6 Å². The number of piperidine rings is 1. The zero-order valence-electron chi connectivity index (χ0n) is 16.4. The van der Waals surface area contributed by atoms with Gasteiger partial charge in [0, 0.05) is 64.4 Å². The summed E-state index contributed by atoms with van der Waals surface area (Å²) in [6, 6.07) is 0. The summed E-state index contributed by atoms with van der Waals surface area (Å²) in [6.45, 7) is 6.99. The Labute approximate surface area is 161 Å². The highest BCUT2D eigenvalue weighted by Crippen LogP contribution is 2.27. The molecule has 8 heteroatoms. The maximum atomic E-state index is 12.2. The van der Waals surface area contributed by atoms with Crippen molar-refractivity contribution < 1.29 is 4.79 Å². The summed E-state index contributed by atoms with van der Waals surface area (Å²) < 4.78 is 2.19. The molecule has 3 rings (SSSR count). The first-order chi connectivity index (χ1) is 12.6. The van der Waals surface area contributed by atoms with Gasteiger partial charge in [-0.1, -0.05) is 0 Å². The molecule has 0 saturated carbocycles. The second kappa shape index (κ2) is 9.19. The van der Waals surface area contributed by atoms with Crippen LogP contribution in [0.15, 0.2) is 0 Å². The molecule has 0 aliphatic carbocycles. The van der Waals surface area contributed by atoms with Gasteiger partial charge < -0.3 is 14.4 Å². The van der Waals surface area contributed by atoms with Crippen molar-refractivity contribution in [1.29, 1.82) is 0 Å². The lowest BCUT2D eigenvalue weighted by molar-refractivity contribution is -0.131. The van der Waals surface area contributed by atoms with E-state index in [-0.39, 0.29) is 0 Å². The van der Waals surface area contributed by atoms with E-state index >= 15 is 0 Å². The van der Waals surface area contributed by atoms with Gasteiger partial charge in [-0.2, -0.15) is 11.8 Å². The number of rotatable bonds is 6. The number of likely N-dealkylation sites (tertiary alicyclic amines) is 1. The van der Waals surface area contributed by atoms with Crippen LogP contribution in [0.3, 0.4) is 0 Å². The molecule has 7 nitrogen and oxygen atoms in total. The summed E-state index contributed by atoms with van der Waals surface area (Å²) in [5, 5.41) is 8.98. The van der Waals surface area contributed by atoms with Crippen LogP contribution in [0.5, 0.6) is 0 Å². The van der Waals surface area contributed by atoms with E-state index in [1.807, 2.05) is 11.2 Å². The molecule has 0 atom stereocenters. The van der Waals surface area contributed by atoms with Crippen molar-refractivity contribution in [3.05, 3.63) is 11.6 Å². The summed E-state index contributed by atoms with van der Waals surface area (Å²) in [7, 11) is 4.27. The van der Waals surface area contributed by atoms with Crippen LogP contribution in [-0.4, -0.2) is 93.7 Å². The minimum atomic E-state index is 0.298. The van der Waals surface area contributed by atoms with Crippen LogP contribution in [0.4, 0.5) is 0 Å². The smallest absolute Gasteiger partial charge is 0.223 e. The predicted molar refractivity (Wildman–Crippen MR) is 105 cm³/mol. The molecule has 0 unspecified atom stereocenters. The Morgan fingerprint density at radius 3 is 2.42 bits per heavy atom. The molecule has 1 amide bonds. The molecule has 0 bridgehead atoms. The van der Waals surface area contributed by atoms with E-state index in [9.17, 15) is 4.79 Å². The fourth-order valence-electron chi connectivity index (χ4n) is 3.81. The normalized spacial score (nSPS) is 20.7. The summed E-state index contributed by atoms with van der Waals surface area (Å²) >= 11 is 1.73. The minimum Gasteiger partial charge on any atom is -0.343 e. The van der Waals surface area contributed by atoms with Crippen molar-refractivity contribution in [2.24, 2.45) is 7.05 Å². The number of piperazine rings is 1. The maximum absolute atomic E-state index is 12.2. The topological polar surface area (TPSA) is 57.5 Å². The molecule has 2 aliphatic rings. The van der Waals surface area contributed by atoms with Gasteiger partial charge in [-0.15, -0.1) is 10.2 Å². The van der Waals surface area contributed by atoms with E-state index < -0.39 is 0 Å². The molecule has 2 fully saturated rings. The Bertz CT molecular complexity index is 591. The van der Waals surface area contributed by atoms with Crippen LogP contribution >= 0.6 is 11.8 Å². The van der Waals surface area contributed by atoms with Crippen LogP contribution in [-0.2, 0) is 18.4 Å². The SMILES string of the molecule is CSCCC(=O)N1CCC(c2nnc(CN3CCN(C)CC3)n2C)CC1. The van der Waals surface area contributed by atoms with Crippen molar-refractivity contribution >= 4 is 17.7 Å². The molecular weight excluding hydrogens is 348 g/mol. The number of carbonyl (C=O) groups excluding carboxylic acids is 1. The average molecular weight is 381 g/mol. The fraction of sp³-hybridized carbons (Fsp3) is 0.833. The highest BCUT2D eigenvalue weighted by molar-refractivity contribution is 7.98. The summed E-state index contributed by atoms with van der Waals surface area (Å²) in [4.78, 5) is 19.0. The van der Waals surface area contributed by atoms with Gasteiger partial charge in [-0.25, -0.2) is 0 Å². The third kappa shape index (κ3) is 4.78. The number of likely N-dealkylation sites (N-methyl/N-ethyl adjacent to an activating group) is 1. The van der Waals surface area contributed by atoms with Gasteiger partial charge in [0.15, 0.2) is 0 Å². The van der Waals surface area contributed by atoms with Crippen LogP contribution in [0, 0.1) is 0 Å². The summed E-state index contributed by atoms with van der Waals surface area (Å²) in [5.41, 5.74) is 0. The van der Waals surface area contributed by atoms with Crippen LogP contribution in [0.2, 0.25) is 0 Å². The van der Waals surface area contributed by atoms with Gasteiger partial charge in [0.05, 0.1) is 6.54 Å². The van der Waals surface area contributed by atoms with Gasteiger partial charge >= 0.3 is 0 Å². The second-order valence-corrected chi connectivity index (χ2v) is 8.50. The van der Waals surface area contributed by atoms with Gasteiger partial charge in [-0.3, -0.25) is 9.69 Å². The molecule has 3 heterocycles. The lowest BCUT2D eigenvalue weighted by Crippen LogP contribution is -2.44. The third-order valence-corrected chi connectivity index (χ3v) is 6.30. The number of aromatic nitrogens is 3. The van der Waals surface area contributed by atoms with Crippen molar-refractivity contribution in [2.75, 3.05) is 58.3 Å². The minimum absolute atomic E-state index is 0.298. The Morgan fingerprint density at radius 2 is 1.77 bits per heavy atom. The van der Waals surface area contributed by atoms with Crippen molar-refractivity contribution in [2.45, 2.75) is 31.7 Å². The van der Waals surface area contributed by atoms with E-state index in [4.69, 9.17) is 0 Å². The molecule has 146 valence electrons. The average Bonchev–Trinajstić information content (AvgIpc) is 3.02. The lowest BCUT2D eigenvalue weighted by atomic mass is 9.95. The van der Waals surface area contributed by atoms with Gasteiger partial charge in [-0.05, 0) is 26.1 Å². The van der Waals surface area contributed by atoms with Crippen molar-refractivity contribution in [3.8, 4) is 0 Å². The zero-order chi connectivity index (χ0) is 18.5. The molecular formula is C18H32N6OS. The number of carbonyl (C=O) groups is 1. The second-order valence-electron chi connectivity index (χ2n) is 7.51. The monoisotopic (exact) mass is 380 g/mol. The third-order valence-electron chi connectivity index (χ3n) is 5.69. The van der Waals surface area contributed by atoms with Crippen molar-refractivity contribution in [1.82, 2.24) is 29.5 Å². The zero-order valence-corrected chi connectivity index (χ0v) is 17.2. The maximum Gasteiger partial charge on any atom is 0.223 e. The quantitative estimate of drug-likeness (QED) is 0.735. The van der Waals surface area contributed by atoms with Crippen LogP contribution in [0.25, 0.3) is 0 Å². The highest BCUT2D eigenvalue weighted by Gasteiger charge is 2.27. The van der Waals surface area contributed by atoms with Gasteiger partial charge in [0.2, 0.25) is 5.91 Å². The van der Waals surface area contributed by atoms with E-state index in [0.29, 0.717) is 18.2 Å². The number of amides is 1. The molecule has 1 aromatic heterocycles. The summed E-state index contributed by atoms with van der Waals surface area (Å²) in [5.74, 6) is 3.77. The number of nitrogens with zero attached hydrogens (tertiary/aromatic N) is 6. The molecule has 0 radical (unpaired) electrons. The first-order valence-electron chi connectivity index (χ1n) is 9.64. The fourth-order valence-corrected chi connectivity index (χ4v) is 4.19. The van der Waals surface area contributed by atoms with Crippen molar-refractivity contribution in [3.63, 3.8) is 0 Å². The molecule has 2 saturated heterocycles. The van der Waals surface area contributed by atoms with Gasteiger partial charge in [0.25, 0.3) is 0 Å². The molecule has 0 spiro atoms. The Morgan fingerprint density at radius 1 is 1.08 bits per heavy atom. The Balaban J connectivity index is 1.53. The van der Waals surface area contributed by atoms with Crippen LogP contribution in [0.1, 0.15) is 36.8 Å². The Kier molecular flexibility index (Phi) is 6.94. The largest absolute Gasteiger partial charge is 0.343 e. The van der Waals surface area contributed by atoms with Crippen LogP contribution < -0.4 is 0 Å². The van der Waals surface area contributed by atoms with E-state index in [0.717, 1.165) is 76.1 Å². The lowest BCUT2D eigenvalue weighted by Gasteiger charge is -2.32. The molecule has 2 aliphatic heterocycles. The molecule has 0 N–H and O–H groups in total. The molecule has 26 heavy (non-hydrogen) atoms. The van der Waals surface area contributed by atoms with E-state index in [1.165, 1.54) is 0 Å². The Hall–Kier alpha value is -1.12. The number of hydrogen-bond acceptors (Lipinski definition) is 6. The van der Waals surface area contributed by atoms with E-state index in [1.54, 1.807) is 11.8 Å². The summed E-state index contributed by atoms with van der Waals surface area (Å²) in [6.07, 6.45) is 4.69. The standard InChI is InChI=1S/C18H32N6OS/c1-21-9-11-23(12-10-21)14-16-19-20-18(22(16)2)15-4-7-24(8-5-15)17(25)6-13-26-3/h15H,4-14H2,1-3H3. The first-order valence-corrected chi connectivity index (χ1v) is 11.0. The molecule has 1 aromatic rings. The molecule has 0 aromatic carbocycles. The highest BCUT2D eigenvalue weighted by atomic mass is 32.2.